The van der Waals surface area contributed by atoms with Crippen molar-refractivity contribution in [1.29, 1.82) is 5.26 Å². The fourth-order valence-electron chi connectivity index (χ4n) is 2.46. The van der Waals surface area contributed by atoms with Crippen LogP contribution in [-0.2, 0) is 14.8 Å². The molecule has 11 heteroatoms. The molecule has 2 amide bonds. The van der Waals surface area contributed by atoms with Gasteiger partial charge >= 0.3 is 0 Å². The quantitative estimate of drug-likeness (QED) is 0.539. The van der Waals surface area contributed by atoms with E-state index in [2.05, 4.69) is 15.4 Å². The van der Waals surface area contributed by atoms with E-state index in [1.807, 2.05) is 6.07 Å². The summed E-state index contributed by atoms with van der Waals surface area (Å²) in [5, 5.41) is 13.2. The summed E-state index contributed by atoms with van der Waals surface area (Å²) in [5.41, 5.74) is 0.0740. The lowest BCUT2D eigenvalue weighted by molar-refractivity contribution is -0.122. The number of nitrogens with zero attached hydrogens (tertiary/aromatic N) is 1. The van der Waals surface area contributed by atoms with Gasteiger partial charge in [0.1, 0.15) is 6.04 Å². The Morgan fingerprint density at radius 1 is 1.10 bits per heavy atom. The van der Waals surface area contributed by atoms with E-state index < -0.39 is 39.5 Å². The topological polar surface area (TPSA) is 128 Å². The summed E-state index contributed by atoms with van der Waals surface area (Å²) in [7, 11) is -2.52. The van der Waals surface area contributed by atoms with Crippen LogP contribution in [0.4, 0.5) is 8.78 Å². The molecule has 2 aromatic carbocycles. The van der Waals surface area contributed by atoms with Gasteiger partial charge in [-0.1, -0.05) is 6.07 Å². The van der Waals surface area contributed by atoms with Crippen molar-refractivity contribution < 1.29 is 26.8 Å². The van der Waals surface area contributed by atoms with Gasteiger partial charge in [0.2, 0.25) is 15.9 Å². The normalized spacial score (nSPS) is 11.9. The molecule has 0 spiro atoms. The van der Waals surface area contributed by atoms with E-state index in [9.17, 15) is 26.8 Å². The molecule has 0 aliphatic carbocycles. The van der Waals surface area contributed by atoms with Crippen molar-refractivity contribution in [3.05, 3.63) is 65.2 Å². The van der Waals surface area contributed by atoms with Gasteiger partial charge in [-0.25, -0.2) is 21.9 Å². The maximum absolute atomic E-state index is 13.5. The molecule has 30 heavy (non-hydrogen) atoms. The molecule has 0 aromatic heterocycles. The Labute approximate surface area is 172 Å². The second-order valence-electron chi connectivity index (χ2n) is 6.02. The number of amides is 2. The Balaban J connectivity index is 2.21. The average Bonchev–Trinajstić information content (AvgIpc) is 2.73. The summed E-state index contributed by atoms with van der Waals surface area (Å²) in [6, 6.07) is 8.18. The van der Waals surface area contributed by atoms with Crippen LogP contribution in [0, 0.1) is 23.0 Å². The molecular weight excluding hydrogens is 418 g/mol. The first-order valence-electron chi connectivity index (χ1n) is 8.63. The van der Waals surface area contributed by atoms with Crippen molar-refractivity contribution in [2.75, 3.05) is 13.6 Å². The highest BCUT2D eigenvalue weighted by molar-refractivity contribution is 7.89. The number of sulfonamides is 1. The number of carbonyl (C=O) groups excluding carboxylic acids is 2. The average molecular weight is 436 g/mol. The molecule has 0 heterocycles. The number of halogens is 2. The second-order valence-corrected chi connectivity index (χ2v) is 7.79. The number of likely N-dealkylation sites (N-methyl/N-ethyl adjacent to an activating group) is 1. The summed E-state index contributed by atoms with van der Waals surface area (Å²) in [5.74, 6) is -3.65. The lowest BCUT2D eigenvalue weighted by Crippen LogP contribution is -2.39. The highest BCUT2D eigenvalue weighted by atomic mass is 32.2. The summed E-state index contributed by atoms with van der Waals surface area (Å²) in [4.78, 5) is 24.5. The smallest absolute Gasteiger partial charge is 0.252 e. The zero-order valence-electron chi connectivity index (χ0n) is 15.8. The first kappa shape index (κ1) is 22.9. The molecule has 3 N–H and O–H groups in total. The number of hydrogen-bond donors (Lipinski definition) is 3. The second kappa shape index (κ2) is 9.91. The van der Waals surface area contributed by atoms with E-state index in [1.165, 1.54) is 37.4 Å². The molecule has 158 valence electrons. The summed E-state index contributed by atoms with van der Waals surface area (Å²) < 4.78 is 53.1. The van der Waals surface area contributed by atoms with Crippen LogP contribution in [0.1, 0.15) is 28.4 Å². The summed E-state index contributed by atoms with van der Waals surface area (Å²) >= 11 is 0. The Hall–Kier alpha value is -3.36. The van der Waals surface area contributed by atoms with Gasteiger partial charge in [-0.3, -0.25) is 9.59 Å². The highest BCUT2D eigenvalue weighted by Gasteiger charge is 2.24. The number of nitrogens with one attached hydrogen (secondary N) is 3. The van der Waals surface area contributed by atoms with E-state index in [1.54, 1.807) is 0 Å². The van der Waals surface area contributed by atoms with Crippen LogP contribution >= 0.6 is 0 Å². The van der Waals surface area contributed by atoms with Gasteiger partial charge in [-0.15, -0.1) is 0 Å². The number of benzene rings is 2. The standard InChI is InChI=1S/C19H18F2N4O4S/c1-23-19(27)17(13-5-8-15(20)16(21)11-13)25-18(26)12-3-6-14(7-4-12)30(28,29)24-10-2-9-22/h3-8,11,17,24H,2,10H2,1H3,(H,23,27)(H,25,26). The molecule has 0 aliphatic heterocycles. The number of nitriles is 1. The van der Waals surface area contributed by atoms with Crippen LogP contribution in [0.3, 0.4) is 0 Å². The minimum Gasteiger partial charge on any atom is -0.357 e. The molecule has 8 nitrogen and oxygen atoms in total. The Bertz CT molecular complexity index is 1080. The molecule has 1 unspecified atom stereocenters. The largest absolute Gasteiger partial charge is 0.357 e. The Kier molecular flexibility index (Phi) is 7.57. The fraction of sp³-hybridized carbons (Fsp3) is 0.211. The van der Waals surface area contributed by atoms with E-state index in [0.717, 1.165) is 12.1 Å². The van der Waals surface area contributed by atoms with Gasteiger partial charge in [-0.05, 0) is 42.0 Å². The fourth-order valence-corrected chi connectivity index (χ4v) is 3.49. The molecule has 0 radical (unpaired) electrons. The summed E-state index contributed by atoms with van der Waals surface area (Å²) in [6.07, 6.45) is 0.00454. The highest BCUT2D eigenvalue weighted by Crippen LogP contribution is 2.18. The lowest BCUT2D eigenvalue weighted by Gasteiger charge is -2.18. The van der Waals surface area contributed by atoms with Crippen LogP contribution in [-0.4, -0.2) is 33.8 Å². The molecule has 1 atom stereocenters. The van der Waals surface area contributed by atoms with Crippen molar-refractivity contribution in [3.8, 4) is 6.07 Å². The first-order chi connectivity index (χ1) is 14.2. The van der Waals surface area contributed by atoms with E-state index in [0.29, 0.717) is 0 Å². The van der Waals surface area contributed by atoms with Crippen molar-refractivity contribution >= 4 is 21.8 Å². The van der Waals surface area contributed by atoms with Crippen molar-refractivity contribution in [2.24, 2.45) is 0 Å². The molecule has 0 saturated heterocycles. The Morgan fingerprint density at radius 3 is 2.33 bits per heavy atom. The lowest BCUT2D eigenvalue weighted by atomic mass is 10.0. The molecule has 2 rings (SSSR count). The third kappa shape index (κ3) is 5.59. The third-order valence-electron chi connectivity index (χ3n) is 4.02. The predicted molar refractivity (Wildman–Crippen MR) is 102 cm³/mol. The zero-order chi connectivity index (χ0) is 22.3. The van der Waals surface area contributed by atoms with Crippen LogP contribution in [0.5, 0.6) is 0 Å². The predicted octanol–water partition coefficient (Wildman–Crippen LogP) is 1.37. The molecular formula is C19H18F2N4O4S. The summed E-state index contributed by atoms with van der Waals surface area (Å²) in [6.45, 7) is -0.0525. The van der Waals surface area contributed by atoms with Gasteiger partial charge in [0.15, 0.2) is 11.6 Å². The van der Waals surface area contributed by atoms with Crippen molar-refractivity contribution in [3.63, 3.8) is 0 Å². The monoisotopic (exact) mass is 436 g/mol. The van der Waals surface area contributed by atoms with Gasteiger partial charge in [0.05, 0.1) is 11.0 Å². The SMILES string of the molecule is CNC(=O)C(NC(=O)c1ccc(S(=O)(=O)NCCC#N)cc1)c1ccc(F)c(F)c1. The number of carbonyl (C=O) groups is 2. The van der Waals surface area contributed by atoms with Crippen LogP contribution in [0.2, 0.25) is 0 Å². The van der Waals surface area contributed by atoms with E-state index in [4.69, 9.17) is 5.26 Å². The number of rotatable bonds is 8. The molecule has 2 aromatic rings. The van der Waals surface area contributed by atoms with Crippen LogP contribution < -0.4 is 15.4 Å². The van der Waals surface area contributed by atoms with Gasteiger partial charge in [0, 0.05) is 25.6 Å². The molecule has 0 saturated carbocycles. The Morgan fingerprint density at radius 2 is 1.77 bits per heavy atom. The van der Waals surface area contributed by atoms with Crippen molar-refractivity contribution in [1.82, 2.24) is 15.4 Å². The van der Waals surface area contributed by atoms with Gasteiger partial charge in [0.25, 0.3) is 5.91 Å². The first-order valence-corrected chi connectivity index (χ1v) is 10.1. The number of hydrogen-bond acceptors (Lipinski definition) is 5. The van der Waals surface area contributed by atoms with Crippen molar-refractivity contribution in [2.45, 2.75) is 17.4 Å². The minimum atomic E-state index is -3.84. The molecule has 0 bridgehead atoms. The van der Waals surface area contributed by atoms with Crippen LogP contribution in [0.25, 0.3) is 0 Å². The third-order valence-corrected chi connectivity index (χ3v) is 5.49. The molecule has 0 fully saturated rings. The zero-order valence-corrected chi connectivity index (χ0v) is 16.6. The van der Waals surface area contributed by atoms with E-state index >= 15 is 0 Å². The minimum absolute atomic E-state index is 0.00454. The van der Waals surface area contributed by atoms with E-state index in [-0.39, 0.29) is 29.0 Å². The molecule has 0 aliphatic rings. The van der Waals surface area contributed by atoms with Gasteiger partial charge in [-0.2, -0.15) is 5.26 Å². The maximum Gasteiger partial charge on any atom is 0.252 e. The van der Waals surface area contributed by atoms with Crippen LogP contribution in [0.15, 0.2) is 47.4 Å². The maximum atomic E-state index is 13.5. The van der Waals surface area contributed by atoms with Gasteiger partial charge < -0.3 is 10.6 Å².